The standard InChI is InChI=1S/C27H27N3O3/c1-30(2)16-15-18-9-12-21(13-10-18)28-25(19-7-5-4-6-8-19)24-22-14-11-20(27(32)33-3)17-23(22)29-26(24)31/h4-14,17,28H,15-16H2,1-3H3,(H,29,31)/b25-24-. The molecule has 3 aromatic rings. The highest BCUT2D eigenvalue weighted by atomic mass is 16.5. The fourth-order valence-electron chi connectivity index (χ4n) is 3.80. The number of carbonyl (C=O) groups is 2. The van der Waals surface area contributed by atoms with Crippen molar-refractivity contribution in [1.29, 1.82) is 0 Å². The molecule has 168 valence electrons. The zero-order chi connectivity index (χ0) is 23.4. The number of amides is 1. The predicted molar refractivity (Wildman–Crippen MR) is 132 cm³/mol. The maximum absolute atomic E-state index is 13.1. The van der Waals surface area contributed by atoms with Crippen LogP contribution in [0.15, 0.2) is 72.8 Å². The Morgan fingerprint density at radius 2 is 1.70 bits per heavy atom. The molecule has 4 rings (SSSR count). The van der Waals surface area contributed by atoms with Crippen molar-refractivity contribution in [1.82, 2.24) is 4.90 Å². The van der Waals surface area contributed by atoms with Crippen LogP contribution in [0, 0.1) is 0 Å². The summed E-state index contributed by atoms with van der Waals surface area (Å²) in [5, 5.41) is 6.36. The lowest BCUT2D eigenvalue weighted by Gasteiger charge is -2.15. The van der Waals surface area contributed by atoms with E-state index in [4.69, 9.17) is 4.74 Å². The molecule has 0 saturated heterocycles. The van der Waals surface area contributed by atoms with Crippen molar-refractivity contribution in [2.45, 2.75) is 6.42 Å². The molecule has 6 nitrogen and oxygen atoms in total. The van der Waals surface area contributed by atoms with E-state index < -0.39 is 5.97 Å². The smallest absolute Gasteiger partial charge is 0.337 e. The zero-order valence-electron chi connectivity index (χ0n) is 19.0. The van der Waals surface area contributed by atoms with E-state index in [1.807, 2.05) is 42.5 Å². The molecule has 0 saturated carbocycles. The second kappa shape index (κ2) is 9.71. The number of hydrogen-bond acceptors (Lipinski definition) is 5. The monoisotopic (exact) mass is 441 g/mol. The topological polar surface area (TPSA) is 70.7 Å². The van der Waals surface area contributed by atoms with Gasteiger partial charge in [0.05, 0.1) is 29.6 Å². The van der Waals surface area contributed by atoms with Gasteiger partial charge in [-0.1, -0.05) is 48.5 Å². The summed E-state index contributed by atoms with van der Waals surface area (Å²) in [7, 11) is 5.46. The van der Waals surface area contributed by atoms with Gasteiger partial charge in [0.25, 0.3) is 5.91 Å². The van der Waals surface area contributed by atoms with Gasteiger partial charge in [-0.05, 0) is 55.9 Å². The summed E-state index contributed by atoms with van der Waals surface area (Å²) in [6, 6.07) is 23.1. The van der Waals surface area contributed by atoms with Crippen LogP contribution in [0.4, 0.5) is 11.4 Å². The van der Waals surface area contributed by atoms with E-state index in [0.717, 1.165) is 29.8 Å². The molecule has 0 spiro atoms. The maximum Gasteiger partial charge on any atom is 0.337 e. The molecular weight excluding hydrogens is 414 g/mol. The number of hydrogen-bond donors (Lipinski definition) is 2. The summed E-state index contributed by atoms with van der Waals surface area (Å²) < 4.78 is 4.81. The number of nitrogens with zero attached hydrogens (tertiary/aromatic N) is 1. The molecule has 0 aliphatic carbocycles. The largest absolute Gasteiger partial charge is 0.465 e. The van der Waals surface area contributed by atoms with Gasteiger partial charge in [-0.2, -0.15) is 0 Å². The van der Waals surface area contributed by atoms with Crippen molar-refractivity contribution < 1.29 is 14.3 Å². The van der Waals surface area contributed by atoms with Crippen molar-refractivity contribution in [3.8, 4) is 0 Å². The number of fused-ring (bicyclic) bond motifs is 1. The maximum atomic E-state index is 13.1. The van der Waals surface area contributed by atoms with Gasteiger partial charge < -0.3 is 20.3 Å². The van der Waals surface area contributed by atoms with E-state index in [-0.39, 0.29) is 5.91 Å². The normalized spacial score (nSPS) is 14.0. The van der Waals surface area contributed by atoms with Crippen LogP contribution >= 0.6 is 0 Å². The van der Waals surface area contributed by atoms with E-state index in [0.29, 0.717) is 22.5 Å². The van der Waals surface area contributed by atoms with E-state index in [2.05, 4.69) is 41.8 Å². The molecule has 2 N–H and O–H groups in total. The lowest BCUT2D eigenvalue weighted by molar-refractivity contribution is -0.110. The molecule has 0 radical (unpaired) electrons. The van der Waals surface area contributed by atoms with E-state index >= 15 is 0 Å². The lowest BCUT2D eigenvalue weighted by atomic mass is 9.99. The van der Waals surface area contributed by atoms with Crippen LogP contribution < -0.4 is 10.6 Å². The number of anilines is 2. The summed E-state index contributed by atoms with van der Waals surface area (Å²) in [6.45, 7) is 0.983. The fraction of sp³-hybridized carbons (Fsp3) is 0.185. The molecule has 0 aromatic heterocycles. The zero-order valence-corrected chi connectivity index (χ0v) is 19.0. The van der Waals surface area contributed by atoms with E-state index in [1.165, 1.54) is 12.7 Å². The molecule has 1 aliphatic rings. The van der Waals surface area contributed by atoms with E-state index in [9.17, 15) is 9.59 Å². The first-order valence-electron chi connectivity index (χ1n) is 10.8. The van der Waals surface area contributed by atoms with Crippen LogP contribution in [0.1, 0.15) is 27.0 Å². The van der Waals surface area contributed by atoms with Crippen LogP contribution in [-0.2, 0) is 16.0 Å². The molecule has 1 aliphatic heterocycles. The second-order valence-electron chi connectivity index (χ2n) is 8.20. The molecule has 1 heterocycles. The minimum absolute atomic E-state index is 0.221. The number of likely N-dealkylation sites (N-methyl/N-ethyl adjacent to an activating group) is 1. The first kappa shape index (κ1) is 22.3. The van der Waals surface area contributed by atoms with Gasteiger partial charge in [0, 0.05) is 17.8 Å². The average molecular weight is 442 g/mol. The third-order valence-electron chi connectivity index (χ3n) is 5.57. The van der Waals surface area contributed by atoms with Gasteiger partial charge in [0.2, 0.25) is 0 Å². The molecule has 33 heavy (non-hydrogen) atoms. The molecule has 3 aromatic carbocycles. The van der Waals surface area contributed by atoms with Crippen molar-refractivity contribution in [3.63, 3.8) is 0 Å². The van der Waals surface area contributed by atoms with Crippen LogP contribution in [0.2, 0.25) is 0 Å². The summed E-state index contributed by atoms with van der Waals surface area (Å²) >= 11 is 0. The number of methoxy groups -OCH3 is 1. The molecular formula is C27H27N3O3. The number of esters is 1. The summed E-state index contributed by atoms with van der Waals surface area (Å²) in [5.41, 5.74) is 5.99. The van der Waals surface area contributed by atoms with E-state index in [1.54, 1.807) is 18.2 Å². The third kappa shape index (κ3) is 4.96. The Morgan fingerprint density at radius 3 is 2.36 bits per heavy atom. The molecule has 0 fully saturated rings. The Morgan fingerprint density at radius 1 is 0.970 bits per heavy atom. The summed E-state index contributed by atoms with van der Waals surface area (Å²) in [6.07, 6.45) is 0.970. The predicted octanol–water partition coefficient (Wildman–Crippen LogP) is 4.51. The highest BCUT2D eigenvalue weighted by Crippen LogP contribution is 2.38. The molecule has 0 bridgehead atoms. The van der Waals surface area contributed by atoms with Gasteiger partial charge in [-0.25, -0.2) is 4.79 Å². The minimum atomic E-state index is -0.444. The number of rotatable bonds is 7. The number of benzene rings is 3. The van der Waals surface area contributed by atoms with Gasteiger partial charge in [0.1, 0.15) is 0 Å². The van der Waals surface area contributed by atoms with Crippen LogP contribution in [-0.4, -0.2) is 44.5 Å². The van der Waals surface area contributed by atoms with Gasteiger partial charge in [-0.15, -0.1) is 0 Å². The number of ether oxygens (including phenoxy) is 1. The Labute approximate surface area is 193 Å². The van der Waals surface area contributed by atoms with Gasteiger partial charge in [0.15, 0.2) is 0 Å². The SMILES string of the molecule is COC(=O)c1ccc2c(c1)NC(=O)/C2=C(\Nc1ccc(CCN(C)C)cc1)c1ccccc1. The molecule has 0 atom stereocenters. The fourth-order valence-corrected chi connectivity index (χ4v) is 3.80. The first-order chi connectivity index (χ1) is 16.0. The average Bonchev–Trinajstić information content (AvgIpc) is 3.16. The minimum Gasteiger partial charge on any atom is -0.465 e. The Bertz CT molecular complexity index is 1200. The van der Waals surface area contributed by atoms with Crippen LogP contribution in [0.25, 0.3) is 11.3 Å². The Hall–Kier alpha value is -3.90. The lowest BCUT2D eigenvalue weighted by Crippen LogP contribution is -2.15. The summed E-state index contributed by atoms with van der Waals surface area (Å²) in [4.78, 5) is 27.1. The van der Waals surface area contributed by atoms with Crippen LogP contribution in [0.3, 0.4) is 0 Å². The molecule has 0 unspecified atom stereocenters. The molecule has 6 heteroatoms. The Balaban J connectivity index is 1.73. The number of carbonyl (C=O) groups excluding carboxylic acids is 2. The second-order valence-corrected chi connectivity index (χ2v) is 8.20. The highest BCUT2D eigenvalue weighted by molar-refractivity contribution is 6.37. The van der Waals surface area contributed by atoms with Crippen molar-refractivity contribution >= 4 is 34.5 Å². The quantitative estimate of drug-likeness (QED) is 0.417. The number of nitrogens with one attached hydrogen (secondary N) is 2. The third-order valence-corrected chi connectivity index (χ3v) is 5.57. The Kier molecular flexibility index (Phi) is 6.56. The van der Waals surface area contributed by atoms with Crippen molar-refractivity contribution in [2.24, 2.45) is 0 Å². The van der Waals surface area contributed by atoms with Crippen LogP contribution in [0.5, 0.6) is 0 Å². The first-order valence-corrected chi connectivity index (χ1v) is 10.8. The van der Waals surface area contributed by atoms with Crippen molar-refractivity contribution in [3.05, 3.63) is 95.1 Å². The highest BCUT2D eigenvalue weighted by Gasteiger charge is 2.29. The van der Waals surface area contributed by atoms with Crippen molar-refractivity contribution in [2.75, 3.05) is 38.4 Å². The summed E-state index contributed by atoms with van der Waals surface area (Å²) in [5.74, 6) is -0.666. The molecule has 1 amide bonds. The van der Waals surface area contributed by atoms with Gasteiger partial charge in [-0.3, -0.25) is 4.79 Å². The van der Waals surface area contributed by atoms with Gasteiger partial charge >= 0.3 is 5.97 Å².